The molecule has 0 aliphatic rings. The van der Waals surface area contributed by atoms with Crippen molar-refractivity contribution in [2.75, 3.05) is 0 Å². The first-order valence-electron chi connectivity index (χ1n) is 1.50. The van der Waals surface area contributed by atoms with Gasteiger partial charge in [0.2, 0.25) is 0 Å². The van der Waals surface area contributed by atoms with Gasteiger partial charge in [-0.1, -0.05) is 0 Å². The van der Waals surface area contributed by atoms with Crippen LogP contribution in [0.4, 0.5) is 0 Å². The summed E-state index contributed by atoms with van der Waals surface area (Å²) in [5.74, 6) is 1.42. The fourth-order valence-corrected chi connectivity index (χ4v) is 0. The Hall–Kier alpha value is 1.35. The molecular weight excluding hydrogens is 240 g/mol. The molecule has 0 radical (unpaired) electrons. The molecule has 6 heavy (non-hydrogen) atoms. The zero-order chi connectivity index (χ0) is 3.58. The molecule has 0 fully saturated rings. The second kappa shape index (κ2) is 9.61. The Morgan fingerprint density at radius 1 is 1.00 bits per heavy atom. The molecule has 2 heteroatoms. The van der Waals surface area contributed by atoms with Crippen LogP contribution in [0.2, 0.25) is 0 Å². The van der Waals surface area contributed by atoms with Gasteiger partial charge >= 0.3 is 0 Å². The Morgan fingerprint density at radius 3 is 1.00 bits per heavy atom. The van der Waals surface area contributed by atoms with Gasteiger partial charge in [-0.25, -0.2) is 0 Å². The first kappa shape index (κ1) is 15.7. The maximum absolute atomic E-state index is 2.08. The number of hydrogen-bond acceptors (Lipinski definition) is 0. The third-order valence-electron chi connectivity index (χ3n) is 0. The molecule has 0 amide bonds. The van der Waals surface area contributed by atoms with Crippen LogP contribution in [0.3, 0.4) is 0 Å². The predicted molar refractivity (Wildman–Crippen MR) is 35.7 cm³/mol. The van der Waals surface area contributed by atoms with E-state index in [4.69, 9.17) is 0 Å². The molecule has 0 aliphatic carbocycles. The minimum Gasteiger partial charge on any atom is -0.323 e. The second-order valence-corrected chi connectivity index (χ2v) is 1.50. The van der Waals surface area contributed by atoms with Crippen LogP contribution in [-0.4, -0.2) is 0 Å². The fraction of sp³-hybridized carbons (Fsp3) is 0.750. The van der Waals surface area contributed by atoms with E-state index in [-0.39, 0.29) is 43.5 Å². The van der Waals surface area contributed by atoms with Crippen LogP contribution in [0.1, 0.15) is 20.8 Å². The number of rotatable bonds is 0. The van der Waals surface area contributed by atoms with E-state index in [0.717, 1.165) is 0 Å². The van der Waals surface area contributed by atoms with Gasteiger partial charge in [0.1, 0.15) is 0 Å². The van der Waals surface area contributed by atoms with Crippen molar-refractivity contribution in [2.24, 2.45) is 0 Å². The molecule has 0 atom stereocenters. The van der Waals surface area contributed by atoms with Crippen LogP contribution in [0.15, 0.2) is 0 Å². The summed E-state index contributed by atoms with van der Waals surface area (Å²) in [7, 11) is 0. The summed E-state index contributed by atoms with van der Waals surface area (Å²) < 4.78 is 0. The van der Waals surface area contributed by atoms with E-state index in [0.29, 0.717) is 0 Å². The molecule has 0 heterocycles. The van der Waals surface area contributed by atoms with Gasteiger partial charge in [-0.3, -0.25) is 0 Å². The summed E-state index contributed by atoms with van der Waals surface area (Å²) in [6, 6.07) is 0. The van der Waals surface area contributed by atoms with Gasteiger partial charge in [-0.15, -0.1) is 24.0 Å². The molecule has 0 bridgehead atoms. The van der Waals surface area contributed by atoms with Crippen molar-refractivity contribution >= 4 is 24.0 Å². The summed E-state index contributed by atoms with van der Waals surface area (Å²) in [6.45, 7) is 6.25. The zero-order valence-corrected chi connectivity index (χ0v) is 9.91. The molecule has 0 saturated carbocycles. The molecule has 36 valence electrons. The topological polar surface area (TPSA) is 0 Å². The van der Waals surface area contributed by atoms with E-state index < -0.39 is 0 Å². The maximum Gasteiger partial charge on any atom is 0 e. The molecule has 0 aromatic carbocycles. The first-order chi connectivity index (χ1) is 1.73. The molecule has 0 nitrogen and oxygen atoms in total. The van der Waals surface area contributed by atoms with Crippen LogP contribution in [0.25, 0.3) is 0 Å². The van der Waals surface area contributed by atoms with Gasteiger partial charge in [0, 0.05) is 19.5 Å². The Bertz CT molecular complexity index is 12.3. The molecule has 0 unspecified atom stereocenters. The Labute approximate surface area is 69.9 Å². The van der Waals surface area contributed by atoms with Gasteiger partial charge < -0.3 is 5.92 Å². The normalized spacial score (nSPS) is 6.00. The quantitative estimate of drug-likeness (QED) is 0.351. The van der Waals surface area contributed by atoms with Crippen molar-refractivity contribution in [1.82, 2.24) is 0 Å². The second-order valence-electron chi connectivity index (χ2n) is 1.50. The fourth-order valence-electron chi connectivity index (χ4n) is 0. The van der Waals surface area contributed by atoms with Crippen molar-refractivity contribution in [2.45, 2.75) is 20.8 Å². The number of halogens is 1. The van der Waals surface area contributed by atoms with E-state index in [9.17, 15) is 0 Å². The van der Waals surface area contributed by atoms with Crippen molar-refractivity contribution < 1.29 is 19.5 Å². The van der Waals surface area contributed by atoms with Crippen LogP contribution >= 0.6 is 24.0 Å². The van der Waals surface area contributed by atoms with Gasteiger partial charge in [-0.05, 0) is 0 Å². The summed E-state index contributed by atoms with van der Waals surface area (Å²) in [5, 5.41) is 0. The Morgan fingerprint density at radius 2 is 1.00 bits per heavy atom. The van der Waals surface area contributed by atoms with Crippen molar-refractivity contribution in [1.29, 1.82) is 0 Å². The van der Waals surface area contributed by atoms with Gasteiger partial charge in [0.05, 0.1) is 0 Å². The van der Waals surface area contributed by atoms with E-state index in [1.807, 2.05) is 0 Å². The molecule has 0 rings (SSSR count). The standard InChI is InChI=1S/C4H9.HI.Zn/c1-4(2)3;;/h1-3H3;1H;/q-1;;. The predicted octanol–water partition coefficient (Wildman–Crippen LogP) is 2.24. The average Bonchev–Trinajstić information content (AvgIpc) is 0.811. The molecule has 0 aromatic heterocycles. The maximum atomic E-state index is 2.08. The van der Waals surface area contributed by atoms with Crippen LogP contribution < -0.4 is 0 Å². The Kier molecular flexibility index (Phi) is 25.1. The molecular formula is C4H10IZn-. The monoisotopic (exact) mass is 249 g/mol. The largest absolute Gasteiger partial charge is 0.323 e. The third-order valence-corrected chi connectivity index (χ3v) is 0. The van der Waals surface area contributed by atoms with Crippen LogP contribution in [0, 0.1) is 5.92 Å². The molecule has 0 aliphatic heterocycles. The van der Waals surface area contributed by atoms with Crippen LogP contribution in [-0.2, 0) is 19.5 Å². The average molecular weight is 250 g/mol. The number of hydrogen-bond donors (Lipinski definition) is 0. The minimum absolute atomic E-state index is 0. The van der Waals surface area contributed by atoms with Crippen molar-refractivity contribution in [3.8, 4) is 0 Å². The summed E-state index contributed by atoms with van der Waals surface area (Å²) in [4.78, 5) is 0. The van der Waals surface area contributed by atoms with Gasteiger partial charge in [-0.2, -0.15) is 20.8 Å². The molecule has 0 N–H and O–H groups in total. The molecule has 0 spiro atoms. The van der Waals surface area contributed by atoms with Gasteiger partial charge in [0.15, 0.2) is 0 Å². The SMILES string of the molecule is C[C-](C)C.I.[Zn]. The first-order valence-corrected chi connectivity index (χ1v) is 1.50. The third kappa shape index (κ3) is 55.4. The van der Waals surface area contributed by atoms with Gasteiger partial charge in [0.25, 0.3) is 0 Å². The van der Waals surface area contributed by atoms with E-state index in [2.05, 4.69) is 20.8 Å². The van der Waals surface area contributed by atoms with Crippen molar-refractivity contribution in [3.63, 3.8) is 0 Å². The van der Waals surface area contributed by atoms with Crippen LogP contribution in [0.5, 0.6) is 0 Å². The summed E-state index contributed by atoms with van der Waals surface area (Å²) in [5.41, 5.74) is 0. The zero-order valence-electron chi connectivity index (χ0n) is 4.62. The van der Waals surface area contributed by atoms with E-state index >= 15 is 0 Å². The van der Waals surface area contributed by atoms with E-state index in [1.165, 1.54) is 5.92 Å². The van der Waals surface area contributed by atoms with Crippen molar-refractivity contribution in [3.05, 3.63) is 5.92 Å². The minimum atomic E-state index is 0. The molecule has 0 saturated heterocycles. The Balaban J connectivity index is -0.0000000450. The summed E-state index contributed by atoms with van der Waals surface area (Å²) in [6.07, 6.45) is 0. The molecule has 0 aromatic rings. The van der Waals surface area contributed by atoms with E-state index in [1.54, 1.807) is 0 Å². The summed E-state index contributed by atoms with van der Waals surface area (Å²) >= 11 is 0. The smallest absolute Gasteiger partial charge is 0 e.